The Morgan fingerprint density at radius 3 is 2.54 bits per heavy atom. The number of ketones is 1. The molecule has 0 aliphatic rings. The van der Waals surface area contributed by atoms with E-state index >= 15 is 0 Å². The van der Waals surface area contributed by atoms with Crippen molar-refractivity contribution in [3.8, 4) is 0 Å². The summed E-state index contributed by atoms with van der Waals surface area (Å²) in [5, 5.41) is 6.53. The first kappa shape index (κ1) is 24.9. The predicted octanol–water partition coefficient (Wildman–Crippen LogP) is 3.85. The van der Waals surface area contributed by atoms with E-state index in [1.54, 1.807) is 42.5 Å². The molecule has 10 heteroatoms. The molecule has 37 heavy (non-hydrogen) atoms. The van der Waals surface area contributed by atoms with Crippen molar-refractivity contribution in [1.82, 2.24) is 9.97 Å². The molecule has 0 unspecified atom stereocenters. The van der Waals surface area contributed by atoms with E-state index in [1.165, 1.54) is 13.0 Å². The third kappa shape index (κ3) is 6.25. The summed E-state index contributed by atoms with van der Waals surface area (Å²) in [5.74, 6) is -1.85. The molecule has 4 N–H and O–H groups in total. The number of nitrogens with one attached hydrogen (secondary N) is 4. The summed E-state index contributed by atoms with van der Waals surface area (Å²) in [6.07, 6.45) is 1.71. The molecule has 0 radical (unpaired) electrons. The average Bonchev–Trinajstić information content (AvgIpc) is 3.26. The minimum atomic E-state index is -0.741. The van der Waals surface area contributed by atoms with Crippen molar-refractivity contribution >= 4 is 51.9 Å². The van der Waals surface area contributed by atoms with Crippen molar-refractivity contribution in [1.29, 1.82) is 0 Å². The van der Waals surface area contributed by atoms with Crippen LogP contribution in [0.5, 0.6) is 0 Å². The van der Waals surface area contributed by atoms with Crippen LogP contribution in [0, 0.1) is 0 Å². The van der Waals surface area contributed by atoms with Gasteiger partial charge in [0.25, 0.3) is 5.91 Å². The largest absolute Gasteiger partial charge is 0.457 e. The number of hydrogen-bond acceptors (Lipinski definition) is 7. The lowest BCUT2D eigenvalue weighted by Crippen LogP contribution is -2.29. The number of esters is 1. The molecule has 0 aliphatic heterocycles. The molecule has 3 aromatic carbocycles. The van der Waals surface area contributed by atoms with Gasteiger partial charge in [0.2, 0.25) is 0 Å². The maximum Gasteiger partial charge on any atom is 0.338 e. The van der Waals surface area contributed by atoms with Gasteiger partial charge in [0, 0.05) is 12.6 Å². The number of hydrazone groups is 1. The molecule has 0 atom stereocenters. The third-order valence-electron chi connectivity index (χ3n) is 5.27. The fraction of sp³-hybridized carbons (Fsp3) is 0.0741. The molecule has 0 bridgehead atoms. The van der Waals surface area contributed by atoms with Crippen molar-refractivity contribution in [3.05, 3.63) is 100 Å². The average molecular weight is 498 g/mol. The van der Waals surface area contributed by atoms with Gasteiger partial charge in [0.1, 0.15) is 6.61 Å². The first-order chi connectivity index (χ1) is 17.8. The normalized spacial score (nSPS) is 11.1. The summed E-state index contributed by atoms with van der Waals surface area (Å²) < 4.78 is 5.39. The number of rotatable bonds is 9. The lowest BCUT2D eigenvalue weighted by molar-refractivity contribution is -0.114. The number of aromatic nitrogens is 2. The smallest absolute Gasteiger partial charge is 0.338 e. The van der Waals surface area contributed by atoms with Crippen LogP contribution in [0.25, 0.3) is 17.1 Å². The van der Waals surface area contributed by atoms with Gasteiger partial charge in [0.15, 0.2) is 11.5 Å². The molecule has 1 amide bonds. The van der Waals surface area contributed by atoms with Crippen molar-refractivity contribution in [3.63, 3.8) is 0 Å². The fourth-order valence-electron chi connectivity index (χ4n) is 3.47. The lowest BCUT2D eigenvalue weighted by atomic mass is 10.1. The first-order valence-corrected chi connectivity index (χ1v) is 11.2. The number of H-pyrrole nitrogens is 2. The second-order valence-corrected chi connectivity index (χ2v) is 8.03. The number of aromatic amines is 2. The number of carbonyl (C=O) groups excluding carboxylic acids is 3. The van der Waals surface area contributed by atoms with E-state index in [4.69, 9.17) is 4.74 Å². The van der Waals surface area contributed by atoms with Crippen molar-refractivity contribution in [2.75, 3.05) is 10.7 Å². The Morgan fingerprint density at radius 1 is 0.973 bits per heavy atom. The summed E-state index contributed by atoms with van der Waals surface area (Å²) in [5.41, 5.74) is 5.72. The molecule has 10 nitrogen and oxygen atoms in total. The molecule has 1 aromatic heterocycles. The van der Waals surface area contributed by atoms with Gasteiger partial charge in [-0.1, -0.05) is 36.9 Å². The summed E-state index contributed by atoms with van der Waals surface area (Å²) in [6.45, 7) is 5.03. The Balaban J connectivity index is 1.43. The van der Waals surface area contributed by atoms with Crippen molar-refractivity contribution < 1.29 is 19.1 Å². The molecule has 0 spiro atoms. The van der Waals surface area contributed by atoms with Crippen LogP contribution in [0.2, 0.25) is 0 Å². The zero-order valence-corrected chi connectivity index (χ0v) is 19.8. The van der Waals surface area contributed by atoms with Gasteiger partial charge in [-0.05, 0) is 53.6 Å². The highest BCUT2D eigenvalue weighted by Gasteiger charge is 2.18. The summed E-state index contributed by atoms with van der Waals surface area (Å²) >= 11 is 0. The van der Waals surface area contributed by atoms with E-state index in [9.17, 15) is 19.2 Å². The summed E-state index contributed by atoms with van der Waals surface area (Å²) in [6, 6.07) is 18.5. The van der Waals surface area contributed by atoms with E-state index in [1.807, 2.05) is 24.3 Å². The highest BCUT2D eigenvalue weighted by atomic mass is 16.5. The third-order valence-corrected chi connectivity index (χ3v) is 5.27. The van der Waals surface area contributed by atoms with Crippen LogP contribution in [0.3, 0.4) is 0 Å². The van der Waals surface area contributed by atoms with Crippen LogP contribution >= 0.6 is 0 Å². The van der Waals surface area contributed by atoms with Gasteiger partial charge in [0.05, 0.1) is 22.3 Å². The van der Waals surface area contributed by atoms with Crippen LogP contribution in [-0.4, -0.2) is 33.3 Å². The highest BCUT2D eigenvalue weighted by Crippen LogP contribution is 2.16. The number of benzene rings is 3. The maximum absolute atomic E-state index is 12.7. The minimum Gasteiger partial charge on any atom is -0.457 e. The number of amides is 1. The molecule has 1 heterocycles. The minimum absolute atomic E-state index is 0.0907. The number of carbonyl (C=O) groups is 3. The monoisotopic (exact) mass is 497 g/mol. The van der Waals surface area contributed by atoms with Crippen LogP contribution in [0.4, 0.5) is 11.4 Å². The maximum atomic E-state index is 12.7. The molecule has 4 aromatic rings. The Kier molecular flexibility index (Phi) is 7.39. The summed E-state index contributed by atoms with van der Waals surface area (Å²) in [4.78, 5) is 53.9. The Hall–Kier alpha value is -5.25. The number of ether oxygens (including phenoxy) is 1. The van der Waals surface area contributed by atoms with Gasteiger partial charge in [-0.25, -0.2) is 9.59 Å². The zero-order valence-electron chi connectivity index (χ0n) is 19.8. The number of Topliss-reactive ketones (excluding diaryl/α,β-unsaturated/α-hetero) is 1. The van der Waals surface area contributed by atoms with Crippen LogP contribution in [0.1, 0.15) is 28.4 Å². The molecule has 0 saturated carbocycles. The van der Waals surface area contributed by atoms with Crippen LogP contribution in [-0.2, 0) is 20.9 Å². The Labute approximate surface area is 211 Å². The van der Waals surface area contributed by atoms with Gasteiger partial charge < -0.3 is 20.0 Å². The standard InChI is InChI=1S/C27H23N5O5/c1-3-17-6-4-7-18(12-17)15-37-26(35)19-8-5-9-21(13-19)31-32-24(16(2)33)25(34)28-20-10-11-22-23(14-20)30-27(36)29-22/h3-14,31H,1,15H2,2H3,(H,28,34)(H2,29,30,36)/b32-24+. The molecular weight excluding hydrogens is 474 g/mol. The van der Waals surface area contributed by atoms with Crippen LogP contribution < -0.4 is 16.4 Å². The van der Waals surface area contributed by atoms with E-state index < -0.39 is 17.7 Å². The SMILES string of the molecule is C=Cc1cccc(COC(=O)c2cccc(N/N=C(\C(C)=O)C(=O)Nc3ccc4[nH]c(=O)[nH]c4c3)c2)c1. The van der Waals surface area contributed by atoms with Crippen molar-refractivity contribution in [2.24, 2.45) is 5.10 Å². The zero-order chi connectivity index (χ0) is 26.4. The number of hydrogen-bond donors (Lipinski definition) is 4. The molecule has 186 valence electrons. The summed E-state index contributed by atoms with van der Waals surface area (Å²) in [7, 11) is 0. The molecule has 4 rings (SSSR count). The predicted molar refractivity (Wildman–Crippen MR) is 141 cm³/mol. The Morgan fingerprint density at radius 2 is 1.76 bits per heavy atom. The second kappa shape index (κ2) is 11.0. The second-order valence-electron chi connectivity index (χ2n) is 8.03. The topological polar surface area (TPSA) is 146 Å². The molecule has 0 saturated heterocycles. The lowest BCUT2D eigenvalue weighted by Gasteiger charge is -2.09. The van der Waals surface area contributed by atoms with Crippen molar-refractivity contribution in [2.45, 2.75) is 13.5 Å². The number of imidazole rings is 1. The van der Waals surface area contributed by atoms with E-state index in [2.05, 4.69) is 32.4 Å². The number of fused-ring (bicyclic) bond motifs is 1. The molecular formula is C27H23N5O5. The molecule has 0 aliphatic carbocycles. The fourth-order valence-corrected chi connectivity index (χ4v) is 3.47. The first-order valence-electron chi connectivity index (χ1n) is 11.2. The quantitative estimate of drug-likeness (QED) is 0.120. The van der Waals surface area contributed by atoms with Gasteiger partial charge in [-0.2, -0.15) is 5.10 Å². The van der Waals surface area contributed by atoms with E-state index in [0.717, 1.165) is 11.1 Å². The van der Waals surface area contributed by atoms with Gasteiger partial charge in [-0.15, -0.1) is 0 Å². The molecule has 0 fully saturated rings. The van der Waals surface area contributed by atoms with Gasteiger partial charge in [-0.3, -0.25) is 15.0 Å². The Bertz CT molecular complexity index is 1600. The van der Waals surface area contributed by atoms with E-state index in [0.29, 0.717) is 22.4 Å². The number of nitrogens with zero attached hydrogens (tertiary/aromatic N) is 1. The highest BCUT2D eigenvalue weighted by molar-refractivity contribution is 6.67. The number of anilines is 2. The van der Waals surface area contributed by atoms with Gasteiger partial charge >= 0.3 is 11.7 Å². The van der Waals surface area contributed by atoms with E-state index in [-0.39, 0.29) is 23.6 Å². The van der Waals surface area contributed by atoms with Crippen LogP contribution in [0.15, 0.2) is 83.2 Å².